The number of hydrogen-bond acceptors (Lipinski definition) is 7. The van der Waals surface area contributed by atoms with Crippen molar-refractivity contribution in [1.82, 2.24) is 0 Å². The van der Waals surface area contributed by atoms with Gasteiger partial charge in [0.1, 0.15) is 5.57 Å². The fourth-order valence-electron chi connectivity index (χ4n) is 1.59. The number of carbonyl (C=O) groups is 1. The van der Waals surface area contributed by atoms with Crippen LogP contribution in [0, 0.1) is 0 Å². The minimum Gasteiger partial charge on any atom is -0.468 e. The average molecular weight is 308 g/mol. The van der Waals surface area contributed by atoms with E-state index in [9.17, 15) is 4.79 Å². The third-order valence-electron chi connectivity index (χ3n) is 2.78. The van der Waals surface area contributed by atoms with Gasteiger partial charge in [0, 0.05) is 27.4 Å². The highest BCUT2D eigenvalue weighted by Crippen LogP contribution is 2.15. The number of carbonyl (C=O) groups excluding carboxylic acids is 1. The number of ether oxygens (including phenoxy) is 3. The number of rotatable bonds is 10. The summed E-state index contributed by atoms with van der Waals surface area (Å²) in [5.74, 6) is -0.340. The third kappa shape index (κ3) is 5.49. The van der Waals surface area contributed by atoms with Crippen LogP contribution in [0.5, 0.6) is 0 Å². The molecule has 0 amide bonds. The van der Waals surface area contributed by atoms with E-state index >= 15 is 0 Å². The highest BCUT2D eigenvalue weighted by atomic mass is 28.4. The quantitative estimate of drug-likeness (QED) is 0.198. The molecule has 0 atom stereocenters. The van der Waals surface area contributed by atoms with E-state index in [0.717, 1.165) is 0 Å². The Morgan fingerprint density at radius 1 is 0.950 bits per heavy atom. The van der Waals surface area contributed by atoms with Crippen LogP contribution in [0.4, 0.5) is 0 Å². The lowest BCUT2D eigenvalue weighted by Crippen LogP contribution is -2.42. The lowest BCUT2D eigenvalue weighted by Gasteiger charge is -2.24. The summed E-state index contributed by atoms with van der Waals surface area (Å²) in [6.45, 7) is 1.81. The number of methoxy groups -OCH3 is 2. The van der Waals surface area contributed by atoms with Crippen LogP contribution in [-0.2, 0) is 32.3 Å². The van der Waals surface area contributed by atoms with Crippen molar-refractivity contribution in [2.24, 2.45) is 0 Å². The monoisotopic (exact) mass is 308 g/mol. The van der Waals surface area contributed by atoms with E-state index in [1.807, 2.05) is 0 Å². The lowest BCUT2D eigenvalue weighted by molar-refractivity contribution is -0.139. The Kier molecular flexibility index (Phi) is 9.22. The summed E-state index contributed by atoms with van der Waals surface area (Å²) in [4.78, 5) is 11.7. The highest BCUT2D eigenvalue weighted by molar-refractivity contribution is 6.60. The molecule has 0 aliphatic heterocycles. The molecular weight excluding hydrogens is 284 g/mol. The van der Waals surface area contributed by atoms with Gasteiger partial charge < -0.3 is 27.5 Å². The van der Waals surface area contributed by atoms with Gasteiger partial charge in [-0.05, 0) is 13.3 Å². The van der Waals surface area contributed by atoms with Crippen LogP contribution in [-0.4, -0.2) is 56.9 Å². The van der Waals surface area contributed by atoms with Crippen LogP contribution < -0.4 is 0 Å². The van der Waals surface area contributed by atoms with Crippen LogP contribution in [0.1, 0.15) is 13.3 Å². The first-order valence-electron chi connectivity index (χ1n) is 6.11. The molecule has 0 radical (unpaired) electrons. The predicted octanol–water partition coefficient (Wildman–Crippen LogP) is 1.32. The Morgan fingerprint density at radius 3 is 1.85 bits per heavy atom. The summed E-state index contributed by atoms with van der Waals surface area (Å²) >= 11 is 0. The topological polar surface area (TPSA) is 72.5 Å². The molecule has 0 heterocycles. The van der Waals surface area contributed by atoms with Crippen molar-refractivity contribution in [3.8, 4) is 0 Å². The van der Waals surface area contributed by atoms with Crippen LogP contribution in [0.15, 0.2) is 11.5 Å². The Bertz CT molecular complexity index is 312. The van der Waals surface area contributed by atoms with Crippen molar-refractivity contribution < 1.29 is 32.3 Å². The smallest absolute Gasteiger partial charge is 0.468 e. The first kappa shape index (κ1) is 18.9. The molecule has 0 aromatic rings. The van der Waals surface area contributed by atoms with E-state index in [4.69, 9.17) is 27.5 Å². The lowest BCUT2D eigenvalue weighted by atomic mass is 10.3. The second-order valence-corrected chi connectivity index (χ2v) is 6.95. The standard InChI is InChI=1S/C12H24O7Si/c1-10(12(14-2)15-3)11(13)19-8-7-9-20(16-4,17-5)18-6/h7-9H2,1-6H3. The molecule has 0 saturated heterocycles. The fourth-order valence-corrected chi connectivity index (χ4v) is 3.28. The van der Waals surface area contributed by atoms with Crippen molar-refractivity contribution in [2.75, 3.05) is 42.2 Å². The Balaban J connectivity index is 4.26. The van der Waals surface area contributed by atoms with Crippen molar-refractivity contribution in [1.29, 1.82) is 0 Å². The largest absolute Gasteiger partial charge is 0.500 e. The van der Waals surface area contributed by atoms with Crippen molar-refractivity contribution in [3.63, 3.8) is 0 Å². The van der Waals surface area contributed by atoms with Crippen molar-refractivity contribution >= 4 is 14.8 Å². The van der Waals surface area contributed by atoms with E-state index in [2.05, 4.69) is 0 Å². The predicted molar refractivity (Wildman–Crippen MR) is 73.9 cm³/mol. The molecule has 0 unspecified atom stereocenters. The molecule has 0 aliphatic carbocycles. The van der Waals surface area contributed by atoms with E-state index in [0.29, 0.717) is 12.5 Å². The first-order valence-corrected chi connectivity index (χ1v) is 8.04. The molecule has 0 saturated carbocycles. The maximum absolute atomic E-state index is 11.7. The van der Waals surface area contributed by atoms with Gasteiger partial charge in [0.05, 0.1) is 20.8 Å². The molecule has 0 bridgehead atoms. The van der Waals surface area contributed by atoms with Gasteiger partial charge in [-0.15, -0.1) is 0 Å². The second kappa shape index (κ2) is 9.75. The molecule has 118 valence electrons. The molecule has 0 aromatic carbocycles. The van der Waals surface area contributed by atoms with E-state index < -0.39 is 14.8 Å². The van der Waals surface area contributed by atoms with Crippen LogP contribution in [0.2, 0.25) is 6.04 Å². The Labute approximate surface area is 121 Å². The summed E-state index contributed by atoms with van der Waals surface area (Å²) in [5.41, 5.74) is 0.281. The summed E-state index contributed by atoms with van der Waals surface area (Å²) < 4.78 is 30.7. The highest BCUT2D eigenvalue weighted by Gasteiger charge is 2.37. The van der Waals surface area contributed by atoms with Crippen molar-refractivity contribution in [3.05, 3.63) is 11.5 Å². The van der Waals surface area contributed by atoms with Gasteiger partial charge in [-0.25, -0.2) is 4.79 Å². The minimum absolute atomic E-state index is 0.143. The number of esters is 1. The van der Waals surface area contributed by atoms with Crippen LogP contribution in [0.3, 0.4) is 0 Å². The molecule has 0 rings (SSSR count). The second-order valence-electron chi connectivity index (χ2n) is 3.86. The minimum atomic E-state index is -2.60. The van der Waals surface area contributed by atoms with Gasteiger partial charge in [0.2, 0.25) is 0 Å². The molecule has 20 heavy (non-hydrogen) atoms. The first-order chi connectivity index (χ1) is 9.50. The number of hydrogen-bond donors (Lipinski definition) is 0. The summed E-state index contributed by atoms with van der Waals surface area (Å²) in [5, 5.41) is 0. The van der Waals surface area contributed by atoms with Gasteiger partial charge in [0.25, 0.3) is 5.95 Å². The summed E-state index contributed by atoms with van der Waals surface area (Å²) in [6.07, 6.45) is 0.579. The van der Waals surface area contributed by atoms with Gasteiger partial charge in [-0.1, -0.05) is 0 Å². The Hall–Kier alpha value is -1.09. The molecule has 7 nitrogen and oxygen atoms in total. The van der Waals surface area contributed by atoms with Crippen molar-refractivity contribution in [2.45, 2.75) is 19.4 Å². The molecular formula is C12H24O7Si. The van der Waals surface area contributed by atoms with Gasteiger partial charge in [0.15, 0.2) is 0 Å². The maximum atomic E-state index is 11.7. The zero-order valence-corrected chi connectivity index (χ0v) is 14.0. The Morgan fingerprint density at radius 2 is 1.45 bits per heavy atom. The van der Waals surface area contributed by atoms with Crippen LogP contribution in [0.25, 0.3) is 0 Å². The summed E-state index contributed by atoms with van der Waals surface area (Å²) in [7, 11) is 4.87. The van der Waals surface area contributed by atoms with Gasteiger partial charge in [-0.2, -0.15) is 0 Å². The van der Waals surface area contributed by atoms with Gasteiger partial charge in [-0.3, -0.25) is 0 Å². The molecule has 0 fully saturated rings. The molecule has 0 spiro atoms. The molecule has 0 N–H and O–H groups in total. The average Bonchev–Trinajstić information content (AvgIpc) is 2.49. The maximum Gasteiger partial charge on any atom is 0.500 e. The third-order valence-corrected chi connectivity index (χ3v) is 5.61. The molecule has 0 aromatic heterocycles. The zero-order chi connectivity index (χ0) is 15.6. The van der Waals surface area contributed by atoms with E-state index in [-0.39, 0.29) is 18.1 Å². The molecule has 8 heteroatoms. The van der Waals surface area contributed by atoms with Gasteiger partial charge >= 0.3 is 14.8 Å². The normalized spacial score (nSPS) is 10.9. The SMILES string of the molecule is COC(OC)=C(C)C(=O)OCCC[Si](OC)(OC)OC. The fraction of sp³-hybridized carbons (Fsp3) is 0.750. The van der Waals surface area contributed by atoms with Crippen LogP contribution >= 0.6 is 0 Å². The molecule has 0 aliphatic rings. The summed E-state index contributed by atoms with van der Waals surface area (Å²) in [6, 6.07) is 0.563. The van der Waals surface area contributed by atoms with E-state index in [1.54, 1.807) is 28.3 Å². The zero-order valence-electron chi connectivity index (χ0n) is 13.0. The van der Waals surface area contributed by atoms with E-state index in [1.165, 1.54) is 14.2 Å².